The Morgan fingerprint density at radius 3 is 2.45 bits per heavy atom. The molecule has 1 saturated carbocycles. The molecule has 0 unspecified atom stereocenters. The molecule has 5 heteroatoms. The fourth-order valence-corrected chi connectivity index (χ4v) is 2.67. The largest absolute Gasteiger partial charge is 0.377 e. The van der Waals surface area contributed by atoms with Gasteiger partial charge in [-0.05, 0) is 31.9 Å². The van der Waals surface area contributed by atoms with Crippen molar-refractivity contribution in [1.29, 1.82) is 0 Å². The van der Waals surface area contributed by atoms with Gasteiger partial charge in [0.25, 0.3) is 5.69 Å². The summed E-state index contributed by atoms with van der Waals surface area (Å²) < 4.78 is 0. The second-order valence-corrected chi connectivity index (χ2v) is 5.38. The highest BCUT2D eigenvalue weighted by Gasteiger charge is 2.19. The number of nitro groups is 1. The summed E-state index contributed by atoms with van der Waals surface area (Å²) in [6.07, 6.45) is 6.90. The topological polar surface area (TPSA) is 72.2 Å². The lowest BCUT2D eigenvalue weighted by molar-refractivity contribution is -0.384. The molecule has 1 aromatic carbocycles. The van der Waals surface area contributed by atoms with E-state index in [1.54, 1.807) is 12.1 Å². The van der Waals surface area contributed by atoms with Gasteiger partial charge >= 0.3 is 0 Å². The number of hydrogen-bond acceptors (Lipinski definition) is 4. The molecule has 0 heterocycles. The van der Waals surface area contributed by atoms with Crippen LogP contribution in [0.4, 0.5) is 11.4 Å². The number of nitro benzene ring substituents is 1. The van der Waals surface area contributed by atoms with Crippen molar-refractivity contribution in [1.82, 2.24) is 0 Å². The van der Waals surface area contributed by atoms with Crippen molar-refractivity contribution in [2.24, 2.45) is 0 Å². The van der Waals surface area contributed by atoms with Crippen LogP contribution in [0.2, 0.25) is 0 Å². The molecule has 0 amide bonds. The van der Waals surface area contributed by atoms with Gasteiger partial charge in [-0.2, -0.15) is 0 Å². The highest BCUT2D eigenvalue weighted by Crippen LogP contribution is 2.29. The lowest BCUT2D eigenvalue weighted by Crippen LogP contribution is -2.19. The van der Waals surface area contributed by atoms with Gasteiger partial charge in [0.15, 0.2) is 5.78 Å². The van der Waals surface area contributed by atoms with E-state index in [2.05, 4.69) is 5.32 Å². The van der Waals surface area contributed by atoms with Gasteiger partial charge in [-0.15, -0.1) is 0 Å². The summed E-state index contributed by atoms with van der Waals surface area (Å²) in [5.74, 6) is -0.158. The van der Waals surface area contributed by atoms with Gasteiger partial charge in [0.05, 0.1) is 4.92 Å². The van der Waals surface area contributed by atoms with Gasteiger partial charge in [0.1, 0.15) is 5.69 Å². The van der Waals surface area contributed by atoms with Crippen LogP contribution in [0, 0.1) is 10.1 Å². The van der Waals surface area contributed by atoms with Crippen LogP contribution in [0.25, 0.3) is 0 Å². The van der Waals surface area contributed by atoms with Crippen molar-refractivity contribution in [2.75, 3.05) is 5.32 Å². The van der Waals surface area contributed by atoms with Crippen LogP contribution in [0.3, 0.4) is 0 Å². The van der Waals surface area contributed by atoms with E-state index < -0.39 is 4.92 Å². The summed E-state index contributed by atoms with van der Waals surface area (Å²) in [4.78, 5) is 22.1. The van der Waals surface area contributed by atoms with Crippen LogP contribution < -0.4 is 5.32 Å². The maximum atomic E-state index is 11.3. The number of Topliss-reactive ketones (excluding diaryl/α,β-unsaturated/α-hetero) is 1. The van der Waals surface area contributed by atoms with Gasteiger partial charge in [0.2, 0.25) is 0 Å². The highest BCUT2D eigenvalue weighted by atomic mass is 16.6. The van der Waals surface area contributed by atoms with E-state index in [4.69, 9.17) is 0 Å². The number of nitrogens with one attached hydrogen (secondary N) is 1. The van der Waals surface area contributed by atoms with Crippen LogP contribution in [0.15, 0.2) is 18.2 Å². The van der Waals surface area contributed by atoms with E-state index in [9.17, 15) is 14.9 Å². The van der Waals surface area contributed by atoms with Crippen LogP contribution in [-0.2, 0) is 0 Å². The summed E-state index contributed by atoms with van der Waals surface area (Å²) in [6.45, 7) is 1.41. The lowest BCUT2D eigenvalue weighted by atomic mass is 10.1. The predicted molar refractivity (Wildman–Crippen MR) is 78.2 cm³/mol. The predicted octanol–water partition coefficient (Wildman–Crippen LogP) is 3.93. The van der Waals surface area contributed by atoms with Gasteiger partial charge < -0.3 is 5.32 Å². The van der Waals surface area contributed by atoms with Crippen molar-refractivity contribution in [3.63, 3.8) is 0 Å². The lowest BCUT2D eigenvalue weighted by Gasteiger charge is -2.17. The Labute approximate surface area is 118 Å². The maximum Gasteiger partial charge on any atom is 0.293 e. The molecular weight excluding hydrogens is 256 g/mol. The Morgan fingerprint density at radius 2 is 1.90 bits per heavy atom. The van der Waals surface area contributed by atoms with Gasteiger partial charge in [0, 0.05) is 17.7 Å². The SMILES string of the molecule is CC(=O)c1ccc(NC2CCCCCC2)c([N+](=O)[O-])c1. The monoisotopic (exact) mass is 276 g/mol. The normalized spacial score (nSPS) is 16.4. The third kappa shape index (κ3) is 3.56. The second-order valence-electron chi connectivity index (χ2n) is 5.38. The van der Waals surface area contributed by atoms with Crippen molar-refractivity contribution in [3.8, 4) is 0 Å². The first-order chi connectivity index (χ1) is 9.58. The Kier molecular flexibility index (Phi) is 4.71. The number of rotatable bonds is 4. The number of ketones is 1. The number of benzene rings is 1. The number of carbonyl (C=O) groups is 1. The molecule has 1 aromatic rings. The minimum absolute atomic E-state index is 0.0121. The van der Waals surface area contributed by atoms with E-state index in [0.717, 1.165) is 25.7 Å². The van der Waals surface area contributed by atoms with E-state index in [0.29, 0.717) is 17.3 Å². The fourth-order valence-electron chi connectivity index (χ4n) is 2.67. The number of anilines is 1. The zero-order chi connectivity index (χ0) is 14.5. The molecule has 5 nitrogen and oxygen atoms in total. The van der Waals surface area contributed by atoms with Gasteiger partial charge in [-0.1, -0.05) is 25.7 Å². The summed E-state index contributed by atoms with van der Waals surface area (Å²) in [7, 11) is 0. The summed E-state index contributed by atoms with van der Waals surface area (Å²) >= 11 is 0. The molecule has 0 radical (unpaired) electrons. The molecule has 0 saturated heterocycles. The minimum atomic E-state index is -0.425. The van der Waals surface area contributed by atoms with Crippen LogP contribution in [-0.4, -0.2) is 16.7 Å². The second kappa shape index (κ2) is 6.50. The molecule has 20 heavy (non-hydrogen) atoms. The fraction of sp³-hybridized carbons (Fsp3) is 0.533. The molecular formula is C15H20N2O3. The Balaban J connectivity index is 2.21. The third-order valence-electron chi connectivity index (χ3n) is 3.82. The maximum absolute atomic E-state index is 11.3. The molecule has 1 aliphatic rings. The molecule has 1 N–H and O–H groups in total. The van der Waals surface area contributed by atoms with Gasteiger partial charge in [-0.3, -0.25) is 14.9 Å². The molecule has 108 valence electrons. The van der Waals surface area contributed by atoms with Crippen LogP contribution >= 0.6 is 0 Å². The first kappa shape index (κ1) is 14.5. The van der Waals surface area contributed by atoms with Crippen molar-refractivity contribution >= 4 is 17.2 Å². The van der Waals surface area contributed by atoms with Gasteiger partial charge in [-0.25, -0.2) is 0 Å². The van der Waals surface area contributed by atoms with E-state index in [1.807, 2.05) is 0 Å². The number of hydrogen-bond donors (Lipinski definition) is 1. The number of carbonyl (C=O) groups excluding carboxylic acids is 1. The average molecular weight is 276 g/mol. The molecule has 1 fully saturated rings. The number of nitrogens with zero attached hydrogens (tertiary/aromatic N) is 1. The van der Waals surface area contributed by atoms with E-state index in [-0.39, 0.29) is 11.5 Å². The summed E-state index contributed by atoms with van der Waals surface area (Å²) in [6, 6.07) is 4.95. The average Bonchev–Trinajstić information content (AvgIpc) is 2.67. The molecule has 0 aromatic heterocycles. The smallest absolute Gasteiger partial charge is 0.293 e. The van der Waals surface area contributed by atoms with Crippen molar-refractivity contribution < 1.29 is 9.72 Å². The Hall–Kier alpha value is -1.91. The van der Waals surface area contributed by atoms with Crippen LogP contribution in [0.5, 0.6) is 0 Å². The Bertz CT molecular complexity index is 506. The van der Waals surface area contributed by atoms with Crippen molar-refractivity contribution in [3.05, 3.63) is 33.9 Å². The highest BCUT2D eigenvalue weighted by molar-refractivity contribution is 5.95. The molecule has 0 atom stereocenters. The first-order valence-corrected chi connectivity index (χ1v) is 7.14. The van der Waals surface area contributed by atoms with E-state index in [1.165, 1.54) is 25.8 Å². The standard InChI is InChI=1S/C15H20N2O3/c1-11(18)12-8-9-14(15(10-12)17(19)20)16-13-6-4-2-3-5-7-13/h8-10,13,16H,2-7H2,1H3. The molecule has 0 spiro atoms. The zero-order valence-corrected chi connectivity index (χ0v) is 11.7. The summed E-state index contributed by atoms with van der Waals surface area (Å²) in [5, 5.41) is 14.4. The molecule has 0 aliphatic heterocycles. The molecule has 0 bridgehead atoms. The Morgan fingerprint density at radius 1 is 1.25 bits per heavy atom. The molecule has 1 aliphatic carbocycles. The summed E-state index contributed by atoms with van der Waals surface area (Å²) in [5.41, 5.74) is 0.886. The zero-order valence-electron chi connectivity index (χ0n) is 11.7. The quantitative estimate of drug-likeness (QED) is 0.391. The third-order valence-corrected chi connectivity index (χ3v) is 3.82. The van der Waals surface area contributed by atoms with E-state index >= 15 is 0 Å². The molecule has 2 rings (SSSR count). The van der Waals surface area contributed by atoms with Crippen LogP contribution in [0.1, 0.15) is 55.8 Å². The minimum Gasteiger partial charge on any atom is -0.377 e. The van der Waals surface area contributed by atoms with Crippen molar-refractivity contribution in [2.45, 2.75) is 51.5 Å². The first-order valence-electron chi connectivity index (χ1n) is 7.14.